The summed E-state index contributed by atoms with van der Waals surface area (Å²) in [4.78, 5) is 7.22. The van der Waals surface area contributed by atoms with Crippen LogP contribution in [0.15, 0.2) is 55.0 Å². The number of imidazole rings is 1. The Hall–Kier alpha value is -3.35. The number of aromatic nitrogens is 5. The van der Waals surface area contributed by atoms with Crippen LogP contribution in [0.3, 0.4) is 0 Å². The fourth-order valence-corrected chi connectivity index (χ4v) is 3.97. The van der Waals surface area contributed by atoms with Crippen LogP contribution < -0.4 is 10.2 Å². The van der Waals surface area contributed by atoms with Gasteiger partial charge in [-0.3, -0.25) is 4.68 Å². The molecule has 3 aromatic heterocycles. The summed E-state index contributed by atoms with van der Waals surface area (Å²) in [5, 5.41) is 11.6. The van der Waals surface area contributed by atoms with Gasteiger partial charge in [-0.15, -0.1) is 5.10 Å². The van der Waals surface area contributed by atoms with Crippen molar-refractivity contribution in [3.8, 4) is 11.3 Å². The molecule has 4 heterocycles. The molecule has 0 aliphatic carbocycles. The maximum Gasteiger partial charge on any atom is 0.168 e. The van der Waals surface area contributed by atoms with Crippen LogP contribution in [0, 0.1) is 6.92 Å². The predicted octanol–water partition coefficient (Wildman–Crippen LogP) is 3.52. The van der Waals surface area contributed by atoms with E-state index in [9.17, 15) is 0 Å². The van der Waals surface area contributed by atoms with E-state index in [1.54, 1.807) is 4.68 Å². The third-order valence-electron chi connectivity index (χ3n) is 5.59. The number of nitrogens with zero attached hydrogens (tertiary/aromatic N) is 6. The lowest BCUT2D eigenvalue weighted by Crippen LogP contribution is -2.39. The first-order chi connectivity index (χ1) is 14.1. The molecule has 0 radical (unpaired) electrons. The highest BCUT2D eigenvalue weighted by Gasteiger charge is 2.20. The first-order valence-electron chi connectivity index (χ1n) is 10.1. The molecule has 1 aromatic carbocycles. The van der Waals surface area contributed by atoms with Crippen molar-refractivity contribution in [2.75, 3.05) is 23.3 Å². The molecule has 4 aromatic rings. The van der Waals surface area contributed by atoms with Gasteiger partial charge in [0.2, 0.25) is 0 Å². The molecule has 7 heteroatoms. The molecule has 0 spiro atoms. The lowest BCUT2D eigenvalue weighted by Gasteiger charge is -2.34. The van der Waals surface area contributed by atoms with E-state index in [0.29, 0.717) is 6.04 Å². The Bertz CT molecular complexity index is 1120. The summed E-state index contributed by atoms with van der Waals surface area (Å²) in [7, 11) is 1.89. The Balaban J connectivity index is 1.24. The Morgan fingerprint density at radius 3 is 2.55 bits per heavy atom. The van der Waals surface area contributed by atoms with Gasteiger partial charge in [0.05, 0.1) is 11.9 Å². The molecule has 0 unspecified atom stereocenters. The number of nitrogens with one attached hydrogen (secondary N) is 1. The van der Waals surface area contributed by atoms with Crippen molar-refractivity contribution in [2.45, 2.75) is 25.8 Å². The van der Waals surface area contributed by atoms with Crippen LogP contribution in [-0.4, -0.2) is 43.5 Å². The number of fused-ring (bicyclic) bond motifs is 1. The highest BCUT2D eigenvalue weighted by molar-refractivity contribution is 5.66. The van der Waals surface area contributed by atoms with Crippen molar-refractivity contribution in [1.29, 1.82) is 0 Å². The van der Waals surface area contributed by atoms with E-state index in [1.165, 1.54) is 11.3 Å². The number of hydrogen-bond acceptors (Lipinski definition) is 5. The third kappa shape index (κ3) is 3.68. The Morgan fingerprint density at radius 2 is 1.83 bits per heavy atom. The number of hydrogen-bond donors (Lipinski definition) is 1. The number of piperidine rings is 1. The van der Waals surface area contributed by atoms with Crippen LogP contribution in [0.25, 0.3) is 16.9 Å². The van der Waals surface area contributed by atoms with Gasteiger partial charge >= 0.3 is 0 Å². The first-order valence-corrected chi connectivity index (χ1v) is 10.1. The average Bonchev–Trinajstić information content (AvgIpc) is 3.34. The summed E-state index contributed by atoms with van der Waals surface area (Å²) >= 11 is 0. The quantitative estimate of drug-likeness (QED) is 0.580. The van der Waals surface area contributed by atoms with Crippen LogP contribution in [0.1, 0.15) is 18.4 Å². The summed E-state index contributed by atoms with van der Waals surface area (Å²) < 4.78 is 3.80. The Morgan fingerprint density at radius 1 is 1.03 bits per heavy atom. The van der Waals surface area contributed by atoms with Gasteiger partial charge in [-0.2, -0.15) is 0 Å². The molecule has 0 atom stereocenters. The van der Waals surface area contributed by atoms with E-state index in [0.717, 1.165) is 48.7 Å². The van der Waals surface area contributed by atoms with Crippen molar-refractivity contribution < 1.29 is 0 Å². The number of rotatable bonds is 4. The molecule has 1 aliphatic heterocycles. The maximum atomic E-state index is 4.77. The minimum absolute atomic E-state index is 0.448. The van der Waals surface area contributed by atoms with Crippen LogP contribution in [0.5, 0.6) is 0 Å². The van der Waals surface area contributed by atoms with Crippen LogP contribution in [0.4, 0.5) is 11.5 Å². The molecule has 1 saturated heterocycles. The van der Waals surface area contributed by atoms with Gasteiger partial charge in [-0.1, -0.05) is 17.3 Å². The second-order valence-corrected chi connectivity index (χ2v) is 7.83. The summed E-state index contributed by atoms with van der Waals surface area (Å²) in [5.74, 6) is 0.859. The normalized spacial score (nSPS) is 15.2. The van der Waals surface area contributed by atoms with E-state index in [2.05, 4.69) is 80.6 Å². The largest absolute Gasteiger partial charge is 0.371 e. The van der Waals surface area contributed by atoms with Gasteiger partial charge in [0.25, 0.3) is 0 Å². The molecule has 148 valence electrons. The van der Waals surface area contributed by atoms with Crippen LogP contribution >= 0.6 is 0 Å². The molecule has 29 heavy (non-hydrogen) atoms. The van der Waals surface area contributed by atoms with Crippen LogP contribution in [0.2, 0.25) is 0 Å². The molecule has 0 amide bonds. The number of aryl methyl sites for hydroxylation is 2. The predicted molar refractivity (Wildman–Crippen MR) is 115 cm³/mol. The second kappa shape index (κ2) is 7.24. The molecular formula is C22H25N7. The molecule has 1 aliphatic rings. The lowest BCUT2D eigenvalue weighted by molar-refractivity contribution is 0.525. The average molecular weight is 387 g/mol. The third-order valence-corrected chi connectivity index (χ3v) is 5.59. The van der Waals surface area contributed by atoms with Crippen LogP contribution in [-0.2, 0) is 7.05 Å². The van der Waals surface area contributed by atoms with Gasteiger partial charge in [0.1, 0.15) is 5.65 Å². The summed E-state index contributed by atoms with van der Waals surface area (Å²) in [6.07, 6.45) is 8.25. The van der Waals surface area contributed by atoms with E-state index in [-0.39, 0.29) is 0 Å². The molecule has 5 rings (SSSR count). The Labute approximate surface area is 170 Å². The van der Waals surface area contributed by atoms with Crippen molar-refractivity contribution >= 4 is 17.2 Å². The summed E-state index contributed by atoms with van der Waals surface area (Å²) in [5.41, 5.74) is 5.64. The molecule has 0 saturated carbocycles. The van der Waals surface area contributed by atoms with E-state index in [1.807, 2.05) is 13.2 Å². The lowest BCUT2D eigenvalue weighted by atomic mass is 10.0. The molecular weight excluding hydrogens is 362 g/mol. The van der Waals surface area contributed by atoms with Crippen molar-refractivity contribution in [2.24, 2.45) is 7.05 Å². The molecule has 0 bridgehead atoms. The van der Waals surface area contributed by atoms with Crippen molar-refractivity contribution in [1.82, 2.24) is 24.4 Å². The smallest absolute Gasteiger partial charge is 0.168 e. The van der Waals surface area contributed by atoms with Gasteiger partial charge in [0, 0.05) is 49.8 Å². The fourth-order valence-electron chi connectivity index (χ4n) is 3.97. The minimum atomic E-state index is 0.448. The van der Waals surface area contributed by atoms with E-state index in [4.69, 9.17) is 4.98 Å². The molecule has 1 N–H and O–H groups in total. The highest BCUT2D eigenvalue weighted by atomic mass is 15.4. The molecule has 7 nitrogen and oxygen atoms in total. The Kier molecular flexibility index (Phi) is 4.42. The molecule has 1 fully saturated rings. The van der Waals surface area contributed by atoms with E-state index >= 15 is 0 Å². The van der Waals surface area contributed by atoms with Gasteiger partial charge < -0.3 is 14.6 Å². The summed E-state index contributed by atoms with van der Waals surface area (Å²) in [6.45, 7) is 4.16. The second-order valence-electron chi connectivity index (χ2n) is 7.83. The van der Waals surface area contributed by atoms with Crippen molar-refractivity contribution in [3.05, 3.63) is 60.6 Å². The fraction of sp³-hybridized carbons (Fsp3) is 0.318. The van der Waals surface area contributed by atoms with Gasteiger partial charge in [-0.25, -0.2) is 4.98 Å². The van der Waals surface area contributed by atoms with E-state index < -0.39 is 0 Å². The van der Waals surface area contributed by atoms with Gasteiger partial charge in [0.15, 0.2) is 5.82 Å². The van der Waals surface area contributed by atoms with Crippen molar-refractivity contribution in [3.63, 3.8) is 0 Å². The standard InChI is InChI=1S/C22H25N7/c1-16-7-10-29-14-20(24-22(29)13-16)17-3-5-19(6-4-17)28-11-8-18(9-12-28)23-21-15-27(2)26-25-21/h3-7,10,13-15,18,23H,8-9,11-12H2,1-2H3. The minimum Gasteiger partial charge on any atom is -0.371 e. The highest BCUT2D eigenvalue weighted by Crippen LogP contribution is 2.26. The number of anilines is 2. The topological polar surface area (TPSA) is 63.3 Å². The monoisotopic (exact) mass is 387 g/mol. The zero-order chi connectivity index (χ0) is 19.8. The maximum absolute atomic E-state index is 4.77. The zero-order valence-electron chi connectivity index (χ0n) is 16.8. The summed E-state index contributed by atoms with van der Waals surface area (Å²) in [6, 6.07) is 13.4. The zero-order valence-corrected chi connectivity index (χ0v) is 16.8. The first kappa shape index (κ1) is 17.7. The number of benzene rings is 1. The SMILES string of the molecule is Cc1ccn2cc(-c3ccc(N4CCC(Nc5cn(C)nn5)CC4)cc3)nc2c1. The van der Waals surface area contributed by atoms with Gasteiger partial charge in [-0.05, 0) is 49.6 Å². The number of pyridine rings is 1.